The number of rotatable bonds is 10. The minimum atomic E-state index is -4.34. The number of anilines is 1. The van der Waals surface area contributed by atoms with Crippen LogP contribution < -0.4 is 9.62 Å². The highest BCUT2D eigenvalue weighted by atomic mass is 35.5. The van der Waals surface area contributed by atoms with Crippen molar-refractivity contribution in [2.75, 3.05) is 17.9 Å². The summed E-state index contributed by atoms with van der Waals surface area (Å²) in [4.78, 5) is 27.6. The smallest absolute Gasteiger partial charge is 0.264 e. The number of nitrogens with one attached hydrogen (secondary N) is 1. The standard InChI is InChI=1S/C26H26Cl2FN3O4S/c1-3-23(26(34)30-2)31(16-18-13-14-20(27)21(28)15-18)25(33)17-32(24-12-8-7-11-22(24)29)37(35,36)19-9-5-4-6-10-19/h4-15,23H,3,16-17H2,1-2H3,(H,30,34)/t23-/m1/s1. The van der Waals surface area contributed by atoms with Crippen LogP contribution >= 0.6 is 23.2 Å². The van der Waals surface area contributed by atoms with Crippen LogP contribution in [0.25, 0.3) is 0 Å². The van der Waals surface area contributed by atoms with Crippen LogP contribution in [0.1, 0.15) is 18.9 Å². The van der Waals surface area contributed by atoms with Gasteiger partial charge in [-0.3, -0.25) is 13.9 Å². The Morgan fingerprint density at radius 3 is 2.22 bits per heavy atom. The number of para-hydroxylation sites is 1. The molecule has 0 aliphatic heterocycles. The van der Waals surface area contributed by atoms with E-state index in [1.807, 2.05) is 0 Å². The van der Waals surface area contributed by atoms with Gasteiger partial charge in [0, 0.05) is 13.6 Å². The number of likely N-dealkylation sites (N-methyl/N-ethyl adjacent to an activating group) is 1. The number of halogens is 3. The Morgan fingerprint density at radius 1 is 0.973 bits per heavy atom. The van der Waals surface area contributed by atoms with Gasteiger partial charge in [0.2, 0.25) is 11.8 Å². The Bertz CT molecular complexity index is 1370. The van der Waals surface area contributed by atoms with Gasteiger partial charge in [-0.15, -0.1) is 0 Å². The van der Waals surface area contributed by atoms with Gasteiger partial charge in [0.05, 0.1) is 20.6 Å². The lowest BCUT2D eigenvalue weighted by Gasteiger charge is -2.33. The topological polar surface area (TPSA) is 86.8 Å². The van der Waals surface area contributed by atoms with Gasteiger partial charge in [-0.25, -0.2) is 12.8 Å². The van der Waals surface area contributed by atoms with Crippen molar-refractivity contribution in [3.05, 3.63) is 94.2 Å². The molecular weight excluding hydrogens is 540 g/mol. The molecule has 11 heteroatoms. The summed E-state index contributed by atoms with van der Waals surface area (Å²) in [6.45, 7) is 0.926. The van der Waals surface area contributed by atoms with Gasteiger partial charge in [0.25, 0.3) is 10.0 Å². The van der Waals surface area contributed by atoms with Crippen LogP contribution in [0.2, 0.25) is 10.0 Å². The summed E-state index contributed by atoms with van der Waals surface area (Å²) in [6.07, 6.45) is 0.248. The van der Waals surface area contributed by atoms with E-state index < -0.39 is 40.2 Å². The normalized spacial score (nSPS) is 12.0. The largest absolute Gasteiger partial charge is 0.357 e. The second kappa shape index (κ2) is 12.4. The molecule has 0 radical (unpaired) electrons. The average molecular weight is 566 g/mol. The third-order valence-corrected chi connectivity index (χ3v) is 8.21. The van der Waals surface area contributed by atoms with Crippen LogP contribution in [0.4, 0.5) is 10.1 Å². The lowest BCUT2D eigenvalue weighted by Crippen LogP contribution is -2.51. The summed E-state index contributed by atoms with van der Waals surface area (Å²) in [6, 6.07) is 16.6. The molecule has 0 aromatic heterocycles. The average Bonchev–Trinajstić information content (AvgIpc) is 2.89. The van der Waals surface area contributed by atoms with E-state index in [4.69, 9.17) is 23.2 Å². The molecule has 0 aliphatic carbocycles. The Morgan fingerprint density at radius 2 is 1.62 bits per heavy atom. The van der Waals surface area contributed by atoms with E-state index >= 15 is 0 Å². The molecule has 0 aliphatic rings. The Hall–Kier alpha value is -3.14. The van der Waals surface area contributed by atoms with Crippen molar-refractivity contribution >= 4 is 50.7 Å². The molecule has 1 atom stereocenters. The zero-order valence-corrected chi connectivity index (χ0v) is 22.5. The van der Waals surface area contributed by atoms with Crippen molar-refractivity contribution in [1.82, 2.24) is 10.2 Å². The zero-order chi connectivity index (χ0) is 27.2. The molecule has 1 N–H and O–H groups in total. The van der Waals surface area contributed by atoms with Crippen LogP contribution in [-0.2, 0) is 26.2 Å². The molecule has 0 bridgehead atoms. The van der Waals surface area contributed by atoms with Gasteiger partial charge in [0.15, 0.2) is 0 Å². The highest BCUT2D eigenvalue weighted by Gasteiger charge is 2.34. The predicted octanol–water partition coefficient (Wildman–Crippen LogP) is 4.88. The van der Waals surface area contributed by atoms with Crippen LogP contribution in [0.3, 0.4) is 0 Å². The summed E-state index contributed by atoms with van der Waals surface area (Å²) in [7, 11) is -2.90. The van der Waals surface area contributed by atoms with E-state index in [9.17, 15) is 22.4 Å². The molecule has 0 spiro atoms. The first-order chi connectivity index (χ1) is 17.6. The molecule has 0 saturated carbocycles. The highest BCUT2D eigenvalue weighted by molar-refractivity contribution is 7.92. The fraction of sp³-hybridized carbons (Fsp3) is 0.231. The molecule has 0 fully saturated rings. The maximum atomic E-state index is 14.9. The molecule has 2 amide bonds. The number of carbonyl (C=O) groups excluding carboxylic acids is 2. The minimum absolute atomic E-state index is 0.0574. The molecule has 7 nitrogen and oxygen atoms in total. The van der Waals surface area contributed by atoms with E-state index in [0.717, 1.165) is 10.4 Å². The maximum absolute atomic E-state index is 14.9. The maximum Gasteiger partial charge on any atom is 0.264 e. The lowest BCUT2D eigenvalue weighted by atomic mass is 10.1. The molecule has 0 saturated heterocycles. The van der Waals surface area contributed by atoms with Gasteiger partial charge in [-0.2, -0.15) is 0 Å². The van der Waals surface area contributed by atoms with Crippen LogP contribution in [-0.4, -0.2) is 44.8 Å². The fourth-order valence-electron chi connectivity index (χ4n) is 3.81. The summed E-state index contributed by atoms with van der Waals surface area (Å²) in [5.41, 5.74) is 0.288. The van der Waals surface area contributed by atoms with Gasteiger partial charge >= 0.3 is 0 Å². The Balaban J connectivity index is 2.07. The molecule has 0 heterocycles. The molecule has 3 aromatic rings. The van der Waals surface area contributed by atoms with Crippen molar-refractivity contribution in [2.45, 2.75) is 30.8 Å². The SMILES string of the molecule is CC[C@H](C(=O)NC)N(Cc1ccc(Cl)c(Cl)c1)C(=O)CN(c1ccccc1F)S(=O)(=O)c1ccccc1. The second-order valence-corrected chi connectivity index (χ2v) is 10.8. The van der Waals surface area contributed by atoms with E-state index in [-0.39, 0.29) is 28.6 Å². The zero-order valence-electron chi connectivity index (χ0n) is 20.2. The van der Waals surface area contributed by atoms with Crippen LogP contribution in [0.5, 0.6) is 0 Å². The fourth-order valence-corrected chi connectivity index (χ4v) is 5.57. The molecule has 196 valence electrons. The Labute approximate surface area is 225 Å². The van der Waals surface area contributed by atoms with Gasteiger partial charge < -0.3 is 10.2 Å². The number of benzene rings is 3. The second-order valence-electron chi connectivity index (χ2n) is 8.08. The minimum Gasteiger partial charge on any atom is -0.357 e. The summed E-state index contributed by atoms with van der Waals surface area (Å²) in [5.74, 6) is -1.95. The number of hydrogen-bond acceptors (Lipinski definition) is 4. The summed E-state index contributed by atoms with van der Waals surface area (Å²) < 4.78 is 42.8. The predicted molar refractivity (Wildman–Crippen MR) is 143 cm³/mol. The van der Waals surface area contributed by atoms with Crippen LogP contribution in [0.15, 0.2) is 77.7 Å². The number of sulfonamides is 1. The third kappa shape index (κ3) is 6.60. The van der Waals surface area contributed by atoms with Crippen LogP contribution in [0, 0.1) is 5.82 Å². The number of hydrogen-bond donors (Lipinski definition) is 1. The van der Waals surface area contributed by atoms with Crippen molar-refractivity contribution in [2.24, 2.45) is 0 Å². The third-order valence-electron chi connectivity index (χ3n) is 5.70. The monoisotopic (exact) mass is 565 g/mol. The van der Waals surface area contributed by atoms with Crippen molar-refractivity contribution in [3.8, 4) is 0 Å². The summed E-state index contributed by atoms with van der Waals surface area (Å²) >= 11 is 12.2. The lowest BCUT2D eigenvalue weighted by molar-refractivity contribution is -0.140. The first kappa shape index (κ1) is 28.4. The first-order valence-corrected chi connectivity index (χ1v) is 13.6. The van der Waals surface area contributed by atoms with Gasteiger partial charge in [0.1, 0.15) is 18.4 Å². The van der Waals surface area contributed by atoms with E-state index in [1.54, 1.807) is 31.2 Å². The number of carbonyl (C=O) groups is 2. The first-order valence-electron chi connectivity index (χ1n) is 11.4. The van der Waals surface area contributed by atoms with Crippen molar-refractivity contribution in [3.63, 3.8) is 0 Å². The quantitative estimate of drug-likeness (QED) is 0.379. The number of nitrogens with zero attached hydrogens (tertiary/aromatic N) is 2. The molecule has 3 aromatic carbocycles. The number of amides is 2. The van der Waals surface area contributed by atoms with Gasteiger partial charge in [-0.1, -0.05) is 66.5 Å². The molecule has 3 rings (SSSR count). The Kier molecular flexibility index (Phi) is 9.53. The van der Waals surface area contributed by atoms with E-state index in [2.05, 4.69) is 5.32 Å². The van der Waals surface area contributed by atoms with E-state index in [1.165, 1.54) is 54.4 Å². The van der Waals surface area contributed by atoms with E-state index in [0.29, 0.717) is 10.6 Å². The van der Waals surface area contributed by atoms with Crippen molar-refractivity contribution < 1.29 is 22.4 Å². The molecule has 0 unspecified atom stereocenters. The molecule has 37 heavy (non-hydrogen) atoms. The van der Waals surface area contributed by atoms with Gasteiger partial charge in [-0.05, 0) is 48.4 Å². The summed E-state index contributed by atoms with van der Waals surface area (Å²) in [5, 5.41) is 3.12. The van der Waals surface area contributed by atoms with Crippen molar-refractivity contribution in [1.29, 1.82) is 0 Å². The molecular formula is C26H26Cl2FN3O4S. The highest BCUT2D eigenvalue weighted by Crippen LogP contribution is 2.28.